The predicted octanol–water partition coefficient (Wildman–Crippen LogP) is 2.72. The van der Waals surface area contributed by atoms with Crippen LogP contribution in [0.3, 0.4) is 0 Å². The molecule has 1 heterocycles. The number of piperazine rings is 1. The van der Waals surface area contributed by atoms with Crippen LogP contribution in [0.2, 0.25) is 5.02 Å². The van der Waals surface area contributed by atoms with Crippen molar-refractivity contribution in [2.24, 2.45) is 0 Å². The average Bonchev–Trinajstić information content (AvgIpc) is 2.16. The molecule has 0 aliphatic carbocycles. The number of hydrogen-bond donors (Lipinski definition) is 2. The summed E-state index contributed by atoms with van der Waals surface area (Å²) in [5.41, 5.74) is 1.23. The molecule has 15 heavy (non-hydrogen) atoms. The van der Waals surface area contributed by atoms with Gasteiger partial charge in [-0.25, -0.2) is 0 Å². The lowest BCUT2D eigenvalue weighted by atomic mass is 9.99. The molecule has 2 N–H and O–H groups in total. The summed E-state index contributed by atoms with van der Waals surface area (Å²) in [5.74, 6) is 0. The summed E-state index contributed by atoms with van der Waals surface area (Å²) in [5, 5.41) is 7.72. The van der Waals surface area contributed by atoms with Gasteiger partial charge in [0.2, 0.25) is 0 Å². The van der Waals surface area contributed by atoms with Crippen LogP contribution >= 0.6 is 27.5 Å². The molecule has 0 amide bonds. The molecule has 0 spiro atoms. The Morgan fingerprint density at radius 1 is 1.27 bits per heavy atom. The van der Waals surface area contributed by atoms with E-state index in [0.29, 0.717) is 12.1 Å². The Kier molecular flexibility index (Phi) is 3.67. The minimum absolute atomic E-state index is 0.341. The van der Waals surface area contributed by atoms with Crippen LogP contribution < -0.4 is 10.6 Å². The molecule has 1 aliphatic heterocycles. The van der Waals surface area contributed by atoms with Crippen molar-refractivity contribution in [3.05, 3.63) is 33.3 Å². The first kappa shape index (κ1) is 11.4. The number of rotatable bonds is 1. The Balaban J connectivity index is 2.27. The first-order valence-electron chi connectivity index (χ1n) is 5.09. The van der Waals surface area contributed by atoms with Crippen LogP contribution in [0.25, 0.3) is 0 Å². The average molecular weight is 290 g/mol. The highest BCUT2D eigenvalue weighted by Gasteiger charge is 2.22. The molecule has 4 heteroatoms. The fourth-order valence-corrected chi connectivity index (χ4v) is 2.87. The normalized spacial score (nSPS) is 26.6. The van der Waals surface area contributed by atoms with Gasteiger partial charge in [-0.05, 0) is 30.7 Å². The summed E-state index contributed by atoms with van der Waals surface area (Å²) in [6.45, 7) is 4.21. The first-order valence-corrected chi connectivity index (χ1v) is 6.26. The lowest BCUT2D eigenvalue weighted by Crippen LogP contribution is -2.48. The van der Waals surface area contributed by atoms with Gasteiger partial charge in [0, 0.05) is 34.7 Å². The Bertz CT molecular complexity index is 336. The van der Waals surface area contributed by atoms with E-state index < -0.39 is 0 Å². The van der Waals surface area contributed by atoms with Crippen molar-refractivity contribution in [1.82, 2.24) is 10.6 Å². The zero-order chi connectivity index (χ0) is 10.8. The summed E-state index contributed by atoms with van der Waals surface area (Å²) >= 11 is 9.51. The lowest BCUT2D eigenvalue weighted by Gasteiger charge is -2.31. The highest BCUT2D eigenvalue weighted by atomic mass is 79.9. The van der Waals surface area contributed by atoms with Gasteiger partial charge in [0.05, 0.1) is 0 Å². The molecule has 2 rings (SSSR count). The van der Waals surface area contributed by atoms with Gasteiger partial charge >= 0.3 is 0 Å². The van der Waals surface area contributed by atoms with E-state index in [1.54, 1.807) is 0 Å². The van der Waals surface area contributed by atoms with Crippen LogP contribution in [0, 0.1) is 0 Å². The monoisotopic (exact) mass is 288 g/mol. The first-order chi connectivity index (χ1) is 7.16. The molecule has 1 aliphatic rings. The van der Waals surface area contributed by atoms with E-state index >= 15 is 0 Å². The molecule has 2 nitrogen and oxygen atoms in total. The van der Waals surface area contributed by atoms with Crippen LogP contribution in [0.5, 0.6) is 0 Å². The Morgan fingerprint density at radius 3 is 2.67 bits per heavy atom. The van der Waals surface area contributed by atoms with Crippen LogP contribution in [0.4, 0.5) is 0 Å². The molecule has 2 atom stereocenters. The zero-order valence-electron chi connectivity index (χ0n) is 8.56. The number of nitrogens with one attached hydrogen (secondary N) is 2. The zero-order valence-corrected chi connectivity index (χ0v) is 10.9. The molecule has 1 saturated heterocycles. The SMILES string of the molecule is CC1NCCNC1c1cc(Cl)cc(Br)c1. The van der Waals surface area contributed by atoms with Gasteiger partial charge in [-0.1, -0.05) is 27.5 Å². The standard InChI is InChI=1S/C11H14BrClN2/c1-7-11(15-3-2-14-7)8-4-9(12)6-10(13)5-8/h4-7,11,14-15H,2-3H2,1H3. The van der Waals surface area contributed by atoms with E-state index in [1.807, 2.05) is 12.1 Å². The van der Waals surface area contributed by atoms with Crippen LogP contribution in [-0.2, 0) is 0 Å². The largest absolute Gasteiger partial charge is 0.311 e. The minimum atomic E-state index is 0.341. The molecular weight excluding hydrogens is 275 g/mol. The molecule has 0 bridgehead atoms. The van der Waals surface area contributed by atoms with Crippen molar-refractivity contribution >= 4 is 27.5 Å². The molecular formula is C11H14BrClN2. The second-order valence-electron chi connectivity index (χ2n) is 3.88. The van der Waals surface area contributed by atoms with E-state index in [-0.39, 0.29) is 0 Å². The fourth-order valence-electron chi connectivity index (χ4n) is 1.98. The maximum atomic E-state index is 6.04. The van der Waals surface area contributed by atoms with Gasteiger partial charge in [0.15, 0.2) is 0 Å². The van der Waals surface area contributed by atoms with Gasteiger partial charge in [-0.15, -0.1) is 0 Å². The maximum Gasteiger partial charge on any atom is 0.0474 e. The Labute approximate surface area is 104 Å². The summed E-state index contributed by atoms with van der Waals surface area (Å²) in [4.78, 5) is 0. The van der Waals surface area contributed by atoms with Gasteiger partial charge in [-0.2, -0.15) is 0 Å². The highest BCUT2D eigenvalue weighted by Crippen LogP contribution is 2.26. The Hall–Kier alpha value is -0.0900. The van der Waals surface area contributed by atoms with Crippen LogP contribution in [0.1, 0.15) is 18.5 Å². The third kappa shape index (κ3) is 2.72. The molecule has 0 radical (unpaired) electrons. The number of hydrogen-bond acceptors (Lipinski definition) is 2. The van der Waals surface area contributed by atoms with E-state index in [2.05, 4.69) is 39.6 Å². The molecule has 2 unspecified atom stereocenters. The van der Waals surface area contributed by atoms with Gasteiger partial charge in [0.25, 0.3) is 0 Å². The lowest BCUT2D eigenvalue weighted by molar-refractivity contribution is 0.345. The molecule has 1 aromatic carbocycles. The third-order valence-corrected chi connectivity index (χ3v) is 3.38. The van der Waals surface area contributed by atoms with E-state index in [9.17, 15) is 0 Å². The quantitative estimate of drug-likeness (QED) is 0.831. The number of benzene rings is 1. The van der Waals surface area contributed by atoms with Crippen molar-refractivity contribution < 1.29 is 0 Å². The van der Waals surface area contributed by atoms with Crippen molar-refractivity contribution in [1.29, 1.82) is 0 Å². The topological polar surface area (TPSA) is 24.1 Å². The van der Waals surface area contributed by atoms with Crippen molar-refractivity contribution in [2.75, 3.05) is 13.1 Å². The summed E-state index contributed by atoms with van der Waals surface area (Å²) in [6.07, 6.45) is 0. The van der Waals surface area contributed by atoms with Gasteiger partial charge in [0.1, 0.15) is 0 Å². The van der Waals surface area contributed by atoms with Crippen molar-refractivity contribution in [2.45, 2.75) is 19.0 Å². The smallest absolute Gasteiger partial charge is 0.0474 e. The summed E-state index contributed by atoms with van der Waals surface area (Å²) < 4.78 is 1.03. The highest BCUT2D eigenvalue weighted by molar-refractivity contribution is 9.10. The van der Waals surface area contributed by atoms with Crippen molar-refractivity contribution in [3.63, 3.8) is 0 Å². The molecule has 0 aromatic heterocycles. The van der Waals surface area contributed by atoms with Crippen molar-refractivity contribution in [3.8, 4) is 0 Å². The Morgan fingerprint density at radius 2 is 2.00 bits per heavy atom. The van der Waals surface area contributed by atoms with E-state index in [1.165, 1.54) is 5.56 Å². The molecule has 0 saturated carbocycles. The third-order valence-electron chi connectivity index (χ3n) is 2.70. The van der Waals surface area contributed by atoms with Crippen LogP contribution in [0.15, 0.2) is 22.7 Å². The number of halogens is 2. The van der Waals surface area contributed by atoms with Gasteiger partial charge < -0.3 is 10.6 Å². The second kappa shape index (κ2) is 4.83. The maximum absolute atomic E-state index is 6.04. The van der Waals surface area contributed by atoms with Gasteiger partial charge in [-0.3, -0.25) is 0 Å². The summed E-state index contributed by atoms with van der Waals surface area (Å²) in [6, 6.07) is 6.82. The summed E-state index contributed by atoms with van der Waals surface area (Å²) in [7, 11) is 0. The molecule has 1 fully saturated rings. The minimum Gasteiger partial charge on any atom is -0.311 e. The predicted molar refractivity (Wildman–Crippen MR) is 67.4 cm³/mol. The second-order valence-corrected chi connectivity index (χ2v) is 5.23. The molecule has 1 aromatic rings. The van der Waals surface area contributed by atoms with E-state index in [0.717, 1.165) is 22.6 Å². The fraction of sp³-hybridized carbons (Fsp3) is 0.455. The van der Waals surface area contributed by atoms with Crippen LogP contribution in [-0.4, -0.2) is 19.1 Å². The van der Waals surface area contributed by atoms with E-state index in [4.69, 9.17) is 11.6 Å². The molecule has 82 valence electrons.